The van der Waals surface area contributed by atoms with Gasteiger partial charge < -0.3 is 4.42 Å². The molecule has 0 aliphatic carbocycles. The smallest absolute Gasteiger partial charge is 0.406 e. The Balaban J connectivity index is 2.05. The molecular weight excluding hydrogens is 276 g/mol. The lowest BCUT2D eigenvalue weighted by Crippen LogP contribution is -2.00. The fourth-order valence-electron chi connectivity index (χ4n) is 2.85. The van der Waals surface area contributed by atoms with E-state index in [1.165, 1.54) is 0 Å². The molecule has 2 aromatic carbocycles. The molecule has 2 heterocycles. The number of hydrogen-bond donors (Lipinski definition) is 1. The number of pyridine rings is 1. The lowest BCUT2D eigenvalue weighted by atomic mass is 9.96. The molecule has 0 bridgehead atoms. The van der Waals surface area contributed by atoms with Crippen molar-refractivity contribution in [2.75, 3.05) is 0 Å². The molecule has 4 rings (SSSR count). The number of para-hydroxylation sites is 1. The number of aromatic nitrogens is 2. The minimum atomic E-state index is -0.449. The molecule has 0 spiro atoms. The molecule has 22 heavy (non-hydrogen) atoms. The van der Waals surface area contributed by atoms with Gasteiger partial charge in [0.1, 0.15) is 0 Å². The number of nitrogens with zero attached hydrogens (tertiary/aromatic N) is 1. The van der Waals surface area contributed by atoms with Crippen LogP contribution >= 0.6 is 0 Å². The van der Waals surface area contributed by atoms with Gasteiger partial charge in [0.25, 0.3) is 0 Å². The Morgan fingerprint density at radius 2 is 1.77 bits per heavy atom. The topological polar surface area (TPSA) is 58.9 Å². The van der Waals surface area contributed by atoms with Crippen LogP contribution in [0.25, 0.3) is 22.0 Å². The normalized spacial score (nSPS) is 12.8. The second-order valence-electron chi connectivity index (χ2n) is 5.37. The number of fused-ring (bicyclic) bond motifs is 3. The molecule has 0 unspecified atom stereocenters. The molecule has 0 amide bonds. The van der Waals surface area contributed by atoms with Crippen LogP contribution in [-0.2, 0) is 0 Å². The molecule has 0 aliphatic heterocycles. The average molecular weight is 290 g/mol. The Bertz CT molecular complexity index is 1020. The lowest BCUT2D eigenvalue weighted by Gasteiger charge is -2.12. The second-order valence-corrected chi connectivity index (χ2v) is 5.37. The van der Waals surface area contributed by atoms with Crippen molar-refractivity contribution in [2.45, 2.75) is 12.8 Å². The van der Waals surface area contributed by atoms with Crippen molar-refractivity contribution in [3.05, 3.63) is 76.4 Å². The quantitative estimate of drug-likeness (QED) is 0.610. The number of hydrogen-bond acceptors (Lipinski definition) is 3. The van der Waals surface area contributed by atoms with E-state index in [1.807, 2.05) is 42.5 Å². The van der Waals surface area contributed by atoms with Gasteiger partial charge in [0.15, 0.2) is 5.58 Å². The van der Waals surface area contributed by atoms with Crippen molar-refractivity contribution in [3.63, 3.8) is 0 Å². The summed E-state index contributed by atoms with van der Waals surface area (Å²) in [5.41, 5.74) is 4.02. The van der Waals surface area contributed by atoms with Gasteiger partial charge in [-0.05, 0) is 11.6 Å². The van der Waals surface area contributed by atoms with Gasteiger partial charge in [-0.1, -0.05) is 55.5 Å². The first-order valence-electron chi connectivity index (χ1n) is 7.20. The maximum absolute atomic E-state index is 11.7. The largest absolute Gasteiger partial charge is 0.417 e. The predicted octanol–water partition coefficient (Wildman–Crippen LogP) is 3.82. The van der Waals surface area contributed by atoms with E-state index < -0.39 is 5.76 Å². The summed E-state index contributed by atoms with van der Waals surface area (Å²) in [4.78, 5) is 19.2. The number of nitrogens with one attached hydrogen (secondary N) is 1. The van der Waals surface area contributed by atoms with E-state index in [1.54, 1.807) is 0 Å². The summed E-state index contributed by atoms with van der Waals surface area (Å²) >= 11 is 0. The van der Waals surface area contributed by atoms with Crippen LogP contribution in [0.3, 0.4) is 0 Å². The first-order chi connectivity index (χ1) is 10.7. The van der Waals surface area contributed by atoms with Crippen LogP contribution in [0, 0.1) is 0 Å². The van der Waals surface area contributed by atoms with Crippen LogP contribution in [0.5, 0.6) is 0 Å². The lowest BCUT2D eigenvalue weighted by molar-refractivity contribution is 0.548. The Morgan fingerprint density at radius 1 is 1.05 bits per heavy atom. The monoisotopic (exact) mass is 290 g/mol. The highest BCUT2D eigenvalue weighted by atomic mass is 16.4. The summed E-state index contributed by atoms with van der Waals surface area (Å²) in [6, 6.07) is 17.8. The van der Waals surface area contributed by atoms with Gasteiger partial charge in [0, 0.05) is 11.3 Å². The molecule has 0 saturated heterocycles. The van der Waals surface area contributed by atoms with Crippen molar-refractivity contribution in [2.24, 2.45) is 0 Å². The second kappa shape index (κ2) is 4.84. The van der Waals surface area contributed by atoms with Crippen molar-refractivity contribution >= 4 is 22.0 Å². The molecule has 0 aliphatic rings. The van der Waals surface area contributed by atoms with Gasteiger partial charge in [-0.15, -0.1) is 0 Å². The zero-order chi connectivity index (χ0) is 15.1. The van der Waals surface area contributed by atoms with Gasteiger partial charge in [-0.25, -0.2) is 9.78 Å². The van der Waals surface area contributed by atoms with Crippen molar-refractivity contribution in [3.8, 4) is 0 Å². The van der Waals surface area contributed by atoms with Crippen molar-refractivity contribution < 1.29 is 4.42 Å². The van der Waals surface area contributed by atoms with Crippen LogP contribution in [-0.4, -0.2) is 9.97 Å². The van der Waals surface area contributed by atoms with Crippen molar-refractivity contribution in [1.82, 2.24) is 9.97 Å². The minimum absolute atomic E-state index is 0.0345. The Labute approximate surface area is 126 Å². The van der Waals surface area contributed by atoms with E-state index in [0.717, 1.165) is 22.2 Å². The molecule has 2 aromatic heterocycles. The van der Waals surface area contributed by atoms with Crippen LogP contribution in [0.15, 0.2) is 63.8 Å². The van der Waals surface area contributed by atoms with Crippen LogP contribution < -0.4 is 5.76 Å². The highest BCUT2D eigenvalue weighted by Crippen LogP contribution is 2.31. The maximum atomic E-state index is 11.7. The summed E-state index contributed by atoms with van der Waals surface area (Å²) in [5.74, 6) is -0.415. The standard InChI is InChI=1S/C18H14N2O2/c1-11(12-7-3-2-4-8-12)15-17-16(20-18(21)22-17)13-9-5-6-10-14(13)19-15/h2-11H,1H3,(H,20,21)/t11-/m1/s1. The number of rotatable bonds is 2. The predicted molar refractivity (Wildman–Crippen MR) is 86.1 cm³/mol. The third kappa shape index (κ3) is 1.92. The molecule has 0 radical (unpaired) electrons. The third-order valence-corrected chi connectivity index (χ3v) is 4.01. The molecule has 4 heteroatoms. The fourth-order valence-corrected chi connectivity index (χ4v) is 2.85. The summed E-state index contributed by atoms with van der Waals surface area (Å²) in [5, 5.41) is 0.896. The first kappa shape index (κ1) is 12.8. The number of aromatic amines is 1. The molecule has 1 atom stereocenters. The van der Waals surface area contributed by atoms with Crippen molar-refractivity contribution in [1.29, 1.82) is 0 Å². The van der Waals surface area contributed by atoms with E-state index in [4.69, 9.17) is 9.40 Å². The summed E-state index contributed by atoms with van der Waals surface area (Å²) in [6.45, 7) is 2.07. The first-order valence-corrected chi connectivity index (χ1v) is 7.20. The average Bonchev–Trinajstić information content (AvgIpc) is 2.96. The van der Waals surface area contributed by atoms with E-state index in [-0.39, 0.29) is 5.92 Å². The summed E-state index contributed by atoms with van der Waals surface area (Å²) in [6.07, 6.45) is 0. The van der Waals surface area contributed by atoms with Gasteiger partial charge in [0.05, 0.1) is 16.7 Å². The highest BCUT2D eigenvalue weighted by molar-refractivity contribution is 6.02. The summed E-state index contributed by atoms with van der Waals surface area (Å²) in [7, 11) is 0. The third-order valence-electron chi connectivity index (χ3n) is 4.01. The molecule has 108 valence electrons. The summed E-state index contributed by atoms with van der Waals surface area (Å²) < 4.78 is 5.38. The van der Waals surface area contributed by atoms with E-state index in [9.17, 15) is 4.79 Å². The van der Waals surface area contributed by atoms with Gasteiger partial charge >= 0.3 is 5.76 Å². The molecule has 0 saturated carbocycles. The number of H-pyrrole nitrogens is 1. The van der Waals surface area contributed by atoms with Gasteiger partial charge in [0.2, 0.25) is 0 Å². The van der Waals surface area contributed by atoms with Gasteiger partial charge in [-0.3, -0.25) is 4.98 Å². The fraction of sp³-hybridized carbons (Fsp3) is 0.111. The SMILES string of the molecule is C[C@H](c1ccccc1)c1nc2ccccc2c2[nH]c(=O)oc12. The molecular formula is C18H14N2O2. The molecule has 4 aromatic rings. The zero-order valence-electron chi connectivity index (χ0n) is 12.0. The van der Waals surface area contributed by atoms with E-state index in [0.29, 0.717) is 11.1 Å². The van der Waals surface area contributed by atoms with E-state index >= 15 is 0 Å². The Hall–Kier alpha value is -2.88. The van der Waals surface area contributed by atoms with Crippen LogP contribution in [0.4, 0.5) is 0 Å². The van der Waals surface area contributed by atoms with Crippen LogP contribution in [0.1, 0.15) is 24.1 Å². The molecule has 4 nitrogen and oxygen atoms in total. The molecule has 1 N–H and O–H groups in total. The van der Waals surface area contributed by atoms with Crippen LogP contribution in [0.2, 0.25) is 0 Å². The Morgan fingerprint density at radius 3 is 2.59 bits per heavy atom. The number of benzene rings is 2. The zero-order valence-corrected chi connectivity index (χ0v) is 12.0. The highest BCUT2D eigenvalue weighted by Gasteiger charge is 2.19. The number of oxazole rings is 1. The maximum Gasteiger partial charge on any atom is 0.417 e. The minimum Gasteiger partial charge on any atom is -0.406 e. The van der Waals surface area contributed by atoms with E-state index in [2.05, 4.69) is 24.0 Å². The Kier molecular flexibility index (Phi) is 2.82. The molecule has 0 fully saturated rings. The van der Waals surface area contributed by atoms with Gasteiger partial charge in [-0.2, -0.15) is 0 Å².